The molecule has 0 aliphatic carbocycles. The van der Waals surface area contributed by atoms with Crippen LogP contribution in [0.15, 0.2) is 48.5 Å². The topological polar surface area (TPSA) is 65.2 Å². The number of para-hydroxylation sites is 1. The van der Waals surface area contributed by atoms with Crippen molar-refractivity contribution in [2.24, 2.45) is 0 Å². The lowest BCUT2D eigenvalue weighted by atomic mass is 10.0. The molecule has 5 nitrogen and oxygen atoms in total. The number of nitrogens with zero attached hydrogens (tertiary/aromatic N) is 1. The predicted molar refractivity (Wildman–Crippen MR) is 115 cm³/mol. The molecule has 0 spiro atoms. The van der Waals surface area contributed by atoms with E-state index in [4.69, 9.17) is 0 Å². The van der Waals surface area contributed by atoms with Crippen molar-refractivity contribution < 1.29 is 9.59 Å². The van der Waals surface area contributed by atoms with Gasteiger partial charge in [0.1, 0.15) is 0 Å². The molecule has 2 aromatic carbocycles. The third-order valence-corrected chi connectivity index (χ3v) is 5.74. The summed E-state index contributed by atoms with van der Waals surface area (Å²) in [5.74, 6) is -0.961. The first-order valence-corrected chi connectivity index (χ1v) is 10.2. The number of aryl methyl sites for hydroxylation is 2. The average molecular weight is 389 g/mol. The Balaban J connectivity index is 1.35. The summed E-state index contributed by atoms with van der Waals surface area (Å²) in [6.45, 7) is 6.70. The van der Waals surface area contributed by atoms with E-state index >= 15 is 0 Å². The number of Topliss-reactive ketones (excluding diaryl/α,β-unsaturated/α-hetero) is 1. The van der Waals surface area contributed by atoms with E-state index in [-0.39, 0.29) is 6.04 Å². The number of carbonyl (C=O) groups excluding carboxylic acids is 2. The molecule has 29 heavy (non-hydrogen) atoms. The number of H-pyrrole nitrogens is 1. The quantitative estimate of drug-likeness (QED) is 0.516. The number of fused-ring (bicyclic) bond motifs is 1. The molecule has 2 heterocycles. The van der Waals surface area contributed by atoms with Crippen molar-refractivity contribution in [3.8, 4) is 0 Å². The second-order valence-corrected chi connectivity index (χ2v) is 8.01. The summed E-state index contributed by atoms with van der Waals surface area (Å²) >= 11 is 0. The Morgan fingerprint density at radius 2 is 1.83 bits per heavy atom. The Labute approximate surface area is 171 Å². The highest BCUT2D eigenvalue weighted by atomic mass is 16.2. The number of nitrogens with one attached hydrogen (secondary N) is 2. The van der Waals surface area contributed by atoms with Gasteiger partial charge in [0.15, 0.2) is 0 Å². The lowest BCUT2D eigenvalue weighted by Crippen LogP contribution is -2.46. The molecular formula is C24H27N3O2. The first-order valence-electron chi connectivity index (χ1n) is 10.2. The van der Waals surface area contributed by atoms with Crippen LogP contribution >= 0.6 is 0 Å². The van der Waals surface area contributed by atoms with Crippen LogP contribution in [0.2, 0.25) is 0 Å². The Morgan fingerprint density at radius 1 is 1.07 bits per heavy atom. The molecule has 1 amide bonds. The van der Waals surface area contributed by atoms with Crippen LogP contribution in [0.4, 0.5) is 0 Å². The summed E-state index contributed by atoms with van der Waals surface area (Å²) in [6.07, 6.45) is 1.72. The molecule has 1 saturated heterocycles. The lowest BCUT2D eigenvalue weighted by Gasteiger charge is -2.32. The number of aromatic amines is 1. The van der Waals surface area contributed by atoms with Crippen molar-refractivity contribution in [2.45, 2.75) is 39.3 Å². The van der Waals surface area contributed by atoms with Gasteiger partial charge in [0.25, 0.3) is 11.7 Å². The summed E-state index contributed by atoms with van der Waals surface area (Å²) < 4.78 is 0. The molecule has 2 N–H and O–H groups in total. The normalized spacial score (nSPS) is 15.5. The number of benzene rings is 2. The van der Waals surface area contributed by atoms with E-state index in [1.165, 1.54) is 11.1 Å². The number of amides is 1. The fourth-order valence-corrected chi connectivity index (χ4v) is 4.24. The Bertz CT molecular complexity index is 1050. The van der Waals surface area contributed by atoms with E-state index in [2.05, 4.69) is 46.4 Å². The van der Waals surface area contributed by atoms with Gasteiger partial charge in [0.2, 0.25) is 0 Å². The molecule has 0 bridgehead atoms. The molecule has 1 aliphatic rings. The standard InChI is InChI=1S/C24H27N3O2/c1-16-6-5-7-18(14-16)15-27-12-10-19(11-13-27)26-24(29)23(28)22-17(2)25-21-9-4-3-8-20(21)22/h3-9,14,19,25H,10-13,15H2,1-2H3,(H,26,29). The van der Waals surface area contributed by atoms with Crippen LogP contribution in [0, 0.1) is 13.8 Å². The van der Waals surface area contributed by atoms with Gasteiger partial charge in [-0.1, -0.05) is 48.0 Å². The molecule has 1 aromatic heterocycles. The van der Waals surface area contributed by atoms with Gasteiger partial charge in [-0.3, -0.25) is 14.5 Å². The average Bonchev–Trinajstić information content (AvgIpc) is 3.04. The fourth-order valence-electron chi connectivity index (χ4n) is 4.24. The minimum absolute atomic E-state index is 0.0470. The van der Waals surface area contributed by atoms with Crippen molar-refractivity contribution in [1.29, 1.82) is 0 Å². The van der Waals surface area contributed by atoms with E-state index < -0.39 is 11.7 Å². The van der Waals surface area contributed by atoms with Gasteiger partial charge < -0.3 is 10.3 Å². The van der Waals surface area contributed by atoms with E-state index in [9.17, 15) is 9.59 Å². The summed E-state index contributed by atoms with van der Waals surface area (Å²) in [7, 11) is 0. The molecule has 0 saturated carbocycles. The van der Waals surface area contributed by atoms with E-state index in [1.54, 1.807) is 0 Å². The fraction of sp³-hybridized carbons (Fsp3) is 0.333. The third kappa shape index (κ3) is 4.25. The highest BCUT2D eigenvalue weighted by molar-refractivity contribution is 6.45. The molecule has 5 heteroatoms. The first-order chi connectivity index (χ1) is 14.0. The molecule has 1 aliphatic heterocycles. The summed E-state index contributed by atoms with van der Waals surface area (Å²) in [4.78, 5) is 31.0. The number of aromatic nitrogens is 1. The largest absolute Gasteiger partial charge is 0.358 e. The monoisotopic (exact) mass is 389 g/mol. The predicted octanol–water partition coefficient (Wildman–Crippen LogP) is 3.75. The molecule has 150 valence electrons. The lowest BCUT2D eigenvalue weighted by molar-refractivity contribution is -0.118. The van der Waals surface area contributed by atoms with E-state index in [1.807, 2.05) is 31.2 Å². The minimum atomic E-state index is -0.505. The van der Waals surface area contributed by atoms with Crippen LogP contribution in [0.1, 0.15) is 40.0 Å². The van der Waals surface area contributed by atoms with Gasteiger partial charge in [-0.2, -0.15) is 0 Å². The zero-order valence-electron chi connectivity index (χ0n) is 17.0. The minimum Gasteiger partial charge on any atom is -0.358 e. The number of piperidine rings is 1. The smallest absolute Gasteiger partial charge is 0.292 e. The van der Waals surface area contributed by atoms with E-state index in [0.29, 0.717) is 5.56 Å². The zero-order valence-corrected chi connectivity index (χ0v) is 17.0. The Morgan fingerprint density at radius 3 is 2.59 bits per heavy atom. The number of carbonyl (C=O) groups is 2. The number of hydrogen-bond donors (Lipinski definition) is 2. The van der Waals surface area contributed by atoms with Crippen LogP contribution in [0.3, 0.4) is 0 Å². The molecular weight excluding hydrogens is 362 g/mol. The SMILES string of the molecule is Cc1cccc(CN2CCC(NC(=O)C(=O)c3c(C)[nH]c4ccccc34)CC2)c1. The van der Waals surface area contributed by atoms with Gasteiger partial charge in [0, 0.05) is 42.3 Å². The van der Waals surface area contributed by atoms with Crippen molar-refractivity contribution in [2.75, 3.05) is 13.1 Å². The number of rotatable bonds is 5. The van der Waals surface area contributed by atoms with Crippen LogP contribution < -0.4 is 5.32 Å². The number of ketones is 1. The molecule has 0 radical (unpaired) electrons. The van der Waals surface area contributed by atoms with Crippen molar-refractivity contribution in [3.63, 3.8) is 0 Å². The van der Waals surface area contributed by atoms with Gasteiger partial charge >= 0.3 is 0 Å². The van der Waals surface area contributed by atoms with Gasteiger partial charge in [-0.15, -0.1) is 0 Å². The molecule has 1 fully saturated rings. The van der Waals surface area contributed by atoms with E-state index in [0.717, 1.165) is 49.1 Å². The summed E-state index contributed by atoms with van der Waals surface area (Å²) in [5, 5.41) is 3.77. The van der Waals surface area contributed by atoms with Crippen LogP contribution in [0.25, 0.3) is 10.9 Å². The molecule has 4 rings (SSSR count). The summed E-state index contributed by atoms with van der Waals surface area (Å²) in [5.41, 5.74) is 4.69. The Hall–Kier alpha value is -2.92. The van der Waals surface area contributed by atoms with Crippen LogP contribution in [-0.2, 0) is 11.3 Å². The maximum Gasteiger partial charge on any atom is 0.292 e. The second kappa shape index (κ2) is 8.21. The van der Waals surface area contributed by atoms with Crippen LogP contribution in [-0.4, -0.2) is 40.7 Å². The number of likely N-dealkylation sites (tertiary alicyclic amines) is 1. The highest BCUT2D eigenvalue weighted by Crippen LogP contribution is 2.22. The third-order valence-electron chi connectivity index (χ3n) is 5.74. The highest BCUT2D eigenvalue weighted by Gasteiger charge is 2.26. The van der Waals surface area contributed by atoms with Crippen molar-refractivity contribution in [3.05, 3.63) is 70.9 Å². The molecule has 0 atom stereocenters. The molecule has 3 aromatic rings. The summed E-state index contributed by atoms with van der Waals surface area (Å²) in [6, 6.07) is 16.2. The van der Waals surface area contributed by atoms with Gasteiger partial charge in [-0.25, -0.2) is 0 Å². The van der Waals surface area contributed by atoms with Crippen LogP contribution in [0.5, 0.6) is 0 Å². The van der Waals surface area contributed by atoms with Gasteiger partial charge in [-0.05, 0) is 38.3 Å². The number of hydrogen-bond acceptors (Lipinski definition) is 3. The van der Waals surface area contributed by atoms with Crippen molar-refractivity contribution in [1.82, 2.24) is 15.2 Å². The van der Waals surface area contributed by atoms with Gasteiger partial charge in [0.05, 0.1) is 5.56 Å². The molecule has 0 unspecified atom stereocenters. The second-order valence-electron chi connectivity index (χ2n) is 8.01. The maximum atomic E-state index is 12.8. The van der Waals surface area contributed by atoms with Crippen molar-refractivity contribution >= 4 is 22.6 Å². The zero-order chi connectivity index (χ0) is 20.4. The maximum absolute atomic E-state index is 12.8. The first kappa shape index (κ1) is 19.4. The Kier molecular flexibility index (Phi) is 5.49.